The molecule has 7 aromatic carbocycles. The summed E-state index contributed by atoms with van der Waals surface area (Å²) >= 11 is 0. The second kappa shape index (κ2) is 12.8. The maximum Gasteiger partial charge on any atom is 0.164 e. The van der Waals surface area contributed by atoms with Gasteiger partial charge in [-0.3, -0.25) is 4.98 Å². The summed E-state index contributed by atoms with van der Waals surface area (Å²) in [6, 6.07) is 60.3. The van der Waals surface area contributed by atoms with Crippen molar-refractivity contribution >= 4 is 32.7 Å². The van der Waals surface area contributed by atoms with Crippen molar-refractivity contribution in [2.24, 2.45) is 0 Å². The highest BCUT2D eigenvalue weighted by atomic mass is 16.3. The number of furan rings is 1. The monoisotopic (exact) mass is 678 g/mol. The Hall–Kier alpha value is -7.24. The average molecular weight is 679 g/mol. The molecule has 0 N–H and O–H groups in total. The number of hydrogen-bond acceptors (Lipinski definition) is 5. The van der Waals surface area contributed by atoms with E-state index >= 15 is 0 Å². The largest absolute Gasteiger partial charge is 0.455 e. The molecule has 0 aliphatic heterocycles. The standard InChI is InChI=1S/C48H30N4O/c1-3-12-34(13-4-1)46-50-47(35-14-5-2-6-15-35)52-48(51-46)36-27-23-32(24-28-36)31-21-25-33(26-22-31)37-18-11-20-43-44(37)41-30-40(42-19-9-10-29-49-42)38-16-7-8-17-39(38)45(41)53-43/h1-30H. The van der Waals surface area contributed by atoms with Crippen LogP contribution in [0.1, 0.15) is 0 Å². The third-order valence-corrected chi connectivity index (χ3v) is 9.82. The Kier molecular flexibility index (Phi) is 7.40. The molecule has 0 aliphatic carbocycles. The molecule has 0 bridgehead atoms. The first-order valence-corrected chi connectivity index (χ1v) is 17.6. The van der Waals surface area contributed by atoms with E-state index in [1.54, 1.807) is 0 Å². The normalized spacial score (nSPS) is 11.4. The zero-order valence-corrected chi connectivity index (χ0v) is 28.5. The van der Waals surface area contributed by atoms with Crippen LogP contribution in [0.15, 0.2) is 187 Å². The van der Waals surface area contributed by atoms with Crippen LogP contribution < -0.4 is 0 Å². The van der Waals surface area contributed by atoms with Gasteiger partial charge < -0.3 is 4.42 Å². The quantitative estimate of drug-likeness (QED) is 0.175. The van der Waals surface area contributed by atoms with Crippen LogP contribution in [0.4, 0.5) is 0 Å². The number of rotatable bonds is 6. The zero-order chi connectivity index (χ0) is 35.1. The van der Waals surface area contributed by atoms with E-state index < -0.39 is 0 Å². The number of fused-ring (bicyclic) bond motifs is 5. The van der Waals surface area contributed by atoms with Gasteiger partial charge in [-0.1, -0.05) is 152 Å². The van der Waals surface area contributed by atoms with Crippen molar-refractivity contribution < 1.29 is 4.42 Å². The predicted octanol–water partition coefficient (Wildman–Crippen LogP) is 12.3. The second-order valence-electron chi connectivity index (χ2n) is 13.0. The number of nitrogens with zero attached hydrogens (tertiary/aromatic N) is 4. The lowest BCUT2D eigenvalue weighted by molar-refractivity contribution is 0.673. The van der Waals surface area contributed by atoms with Gasteiger partial charge in [0.25, 0.3) is 0 Å². The summed E-state index contributed by atoms with van der Waals surface area (Å²) in [5.41, 5.74) is 11.1. The maximum atomic E-state index is 6.59. The summed E-state index contributed by atoms with van der Waals surface area (Å²) in [5, 5.41) is 4.39. The summed E-state index contributed by atoms with van der Waals surface area (Å²) in [7, 11) is 0. The molecule has 3 heterocycles. The molecule has 248 valence electrons. The van der Waals surface area contributed by atoms with E-state index in [0.717, 1.165) is 82.9 Å². The average Bonchev–Trinajstić information content (AvgIpc) is 3.64. The van der Waals surface area contributed by atoms with E-state index in [1.165, 1.54) is 0 Å². The van der Waals surface area contributed by atoms with Crippen LogP contribution in [0.3, 0.4) is 0 Å². The Bertz CT molecular complexity index is 2850. The highest BCUT2D eigenvalue weighted by Crippen LogP contribution is 2.43. The molecule has 0 aliphatic rings. The van der Waals surface area contributed by atoms with Crippen LogP contribution in [0.2, 0.25) is 0 Å². The van der Waals surface area contributed by atoms with Crippen molar-refractivity contribution in [3.8, 4) is 67.7 Å². The van der Waals surface area contributed by atoms with Gasteiger partial charge in [-0.2, -0.15) is 0 Å². The van der Waals surface area contributed by atoms with Crippen LogP contribution in [0.5, 0.6) is 0 Å². The molecule has 0 fully saturated rings. The van der Waals surface area contributed by atoms with Gasteiger partial charge in [-0.25, -0.2) is 15.0 Å². The van der Waals surface area contributed by atoms with Crippen molar-refractivity contribution in [1.29, 1.82) is 0 Å². The first-order valence-electron chi connectivity index (χ1n) is 17.6. The smallest absolute Gasteiger partial charge is 0.164 e. The van der Waals surface area contributed by atoms with E-state index in [2.05, 4.69) is 103 Å². The van der Waals surface area contributed by atoms with E-state index in [4.69, 9.17) is 24.4 Å². The third-order valence-electron chi connectivity index (χ3n) is 9.82. The highest BCUT2D eigenvalue weighted by Gasteiger charge is 2.18. The maximum absolute atomic E-state index is 6.59. The van der Waals surface area contributed by atoms with Crippen LogP contribution >= 0.6 is 0 Å². The van der Waals surface area contributed by atoms with Crippen LogP contribution in [0, 0.1) is 0 Å². The van der Waals surface area contributed by atoms with E-state index in [9.17, 15) is 0 Å². The summed E-state index contributed by atoms with van der Waals surface area (Å²) in [5.74, 6) is 1.94. The summed E-state index contributed by atoms with van der Waals surface area (Å²) in [6.45, 7) is 0. The van der Waals surface area contributed by atoms with Crippen molar-refractivity contribution in [1.82, 2.24) is 19.9 Å². The minimum atomic E-state index is 0.638. The molecule has 3 aromatic heterocycles. The van der Waals surface area contributed by atoms with Gasteiger partial charge in [-0.15, -0.1) is 0 Å². The molecular weight excluding hydrogens is 649 g/mol. The van der Waals surface area contributed by atoms with Crippen LogP contribution in [-0.2, 0) is 0 Å². The molecule has 0 saturated heterocycles. The molecule has 5 nitrogen and oxygen atoms in total. The Morgan fingerprint density at radius 2 is 0.887 bits per heavy atom. The first kappa shape index (κ1) is 30.6. The SMILES string of the molecule is c1ccc(-c2nc(-c3ccccc3)nc(-c3ccc(-c4ccc(-c5cccc6oc7c8ccccc8c(-c8ccccn8)cc7c56)cc4)cc3)n2)cc1. The summed E-state index contributed by atoms with van der Waals surface area (Å²) in [6.07, 6.45) is 1.85. The third kappa shape index (κ3) is 5.52. The molecule has 0 amide bonds. The van der Waals surface area contributed by atoms with Gasteiger partial charge in [0.05, 0.1) is 5.69 Å². The topological polar surface area (TPSA) is 64.7 Å². The molecular formula is C48H30N4O. The molecule has 5 heteroatoms. The fraction of sp³-hybridized carbons (Fsp3) is 0. The lowest BCUT2D eigenvalue weighted by atomic mass is 9.94. The van der Waals surface area contributed by atoms with E-state index in [0.29, 0.717) is 17.5 Å². The number of aromatic nitrogens is 4. The van der Waals surface area contributed by atoms with Gasteiger partial charge >= 0.3 is 0 Å². The minimum Gasteiger partial charge on any atom is -0.455 e. The Morgan fingerprint density at radius 3 is 1.49 bits per heavy atom. The number of pyridine rings is 1. The zero-order valence-electron chi connectivity index (χ0n) is 28.5. The van der Waals surface area contributed by atoms with Crippen molar-refractivity contribution in [2.45, 2.75) is 0 Å². The van der Waals surface area contributed by atoms with Gasteiger partial charge in [0.15, 0.2) is 17.5 Å². The molecule has 10 rings (SSSR count). The molecule has 0 atom stereocenters. The van der Waals surface area contributed by atoms with Gasteiger partial charge in [0, 0.05) is 44.6 Å². The minimum absolute atomic E-state index is 0.638. The predicted molar refractivity (Wildman–Crippen MR) is 215 cm³/mol. The fourth-order valence-electron chi connectivity index (χ4n) is 7.21. The Labute approximate surface area is 305 Å². The second-order valence-corrected chi connectivity index (χ2v) is 13.0. The van der Waals surface area contributed by atoms with Crippen molar-refractivity contribution in [2.75, 3.05) is 0 Å². The number of hydrogen-bond donors (Lipinski definition) is 0. The summed E-state index contributed by atoms with van der Waals surface area (Å²) < 4.78 is 6.59. The lowest BCUT2D eigenvalue weighted by Crippen LogP contribution is -2.00. The lowest BCUT2D eigenvalue weighted by Gasteiger charge is -2.10. The molecule has 0 unspecified atom stereocenters. The van der Waals surface area contributed by atoms with Crippen LogP contribution in [-0.4, -0.2) is 19.9 Å². The fourth-order valence-corrected chi connectivity index (χ4v) is 7.21. The molecule has 0 spiro atoms. The molecule has 0 radical (unpaired) electrons. The van der Waals surface area contributed by atoms with Gasteiger partial charge in [-0.05, 0) is 51.9 Å². The number of benzene rings is 7. The molecule has 53 heavy (non-hydrogen) atoms. The Balaban J connectivity index is 1.02. The first-order chi connectivity index (χ1) is 26.3. The molecule has 0 saturated carbocycles. The van der Waals surface area contributed by atoms with Crippen molar-refractivity contribution in [3.05, 3.63) is 182 Å². The van der Waals surface area contributed by atoms with E-state index in [-0.39, 0.29) is 0 Å². The molecule has 10 aromatic rings. The van der Waals surface area contributed by atoms with Gasteiger partial charge in [0.2, 0.25) is 0 Å². The highest BCUT2D eigenvalue weighted by molar-refractivity contribution is 6.22. The summed E-state index contributed by atoms with van der Waals surface area (Å²) in [4.78, 5) is 19.3. The van der Waals surface area contributed by atoms with E-state index in [1.807, 2.05) is 79.0 Å². The van der Waals surface area contributed by atoms with Gasteiger partial charge in [0.1, 0.15) is 11.2 Å². The Morgan fingerprint density at radius 1 is 0.358 bits per heavy atom. The van der Waals surface area contributed by atoms with Crippen molar-refractivity contribution in [3.63, 3.8) is 0 Å². The van der Waals surface area contributed by atoms with Crippen LogP contribution in [0.25, 0.3) is 100 Å².